The first-order valence-electron chi connectivity index (χ1n) is 14.5. The lowest BCUT2D eigenvalue weighted by Gasteiger charge is -2.31. The van der Waals surface area contributed by atoms with E-state index in [2.05, 4.69) is 127 Å². The molecule has 0 atom stereocenters. The van der Waals surface area contributed by atoms with Crippen molar-refractivity contribution < 1.29 is 13.3 Å². The van der Waals surface area contributed by atoms with Crippen LogP contribution in [0.4, 0.5) is 0 Å². The third-order valence-corrected chi connectivity index (χ3v) is 10.2. The van der Waals surface area contributed by atoms with Crippen LogP contribution in [0.2, 0.25) is 0 Å². The minimum Gasteiger partial charge on any atom is -0.374 e. The molecule has 0 unspecified atom stereocenters. The van der Waals surface area contributed by atoms with E-state index in [0.717, 1.165) is 11.1 Å². The summed E-state index contributed by atoms with van der Waals surface area (Å²) in [6.45, 7) is 7.65. The van der Waals surface area contributed by atoms with Crippen LogP contribution >= 0.6 is 0 Å². The third kappa shape index (κ3) is 6.42. The molecular formula is C37H38O3Si. The van der Waals surface area contributed by atoms with Gasteiger partial charge in [-0.1, -0.05) is 121 Å². The number of rotatable bonds is 12. The first-order chi connectivity index (χ1) is 20.2. The van der Waals surface area contributed by atoms with Crippen molar-refractivity contribution in [1.29, 1.82) is 0 Å². The molecule has 0 bridgehead atoms. The lowest BCUT2D eigenvalue weighted by Crippen LogP contribution is -2.48. The Bertz CT molecular complexity index is 1500. The van der Waals surface area contributed by atoms with E-state index in [1.165, 1.54) is 38.9 Å². The van der Waals surface area contributed by atoms with Gasteiger partial charge in [0.25, 0.3) is 0 Å². The van der Waals surface area contributed by atoms with Crippen LogP contribution in [0.3, 0.4) is 0 Å². The van der Waals surface area contributed by atoms with Crippen molar-refractivity contribution >= 4 is 8.80 Å². The van der Waals surface area contributed by atoms with Gasteiger partial charge in [0.1, 0.15) is 0 Å². The highest BCUT2D eigenvalue weighted by atomic mass is 28.4. The molecule has 0 aliphatic heterocycles. The van der Waals surface area contributed by atoms with E-state index in [1.54, 1.807) is 0 Å². The van der Waals surface area contributed by atoms with Crippen molar-refractivity contribution in [3.8, 4) is 44.5 Å². The monoisotopic (exact) mass is 558 g/mol. The average Bonchev–Trinajstić information content (AvgIpc) is 3.02. The van der Waals surface area contributed by atoms with Crippen molar-refractivity contribution in [1.82, 2.24) is 0 Å². The Hall–Kier alpha value is -3.80. The van der Waals surface area contributed by atoms with Crippen molar-refractivity contribution in [2.24, 2.45) is 0 Å². The third-order valence-electron chi connectivity index (χ3n) is 7.18. The lowest BCUT2D eigenvalue weighted by atomic mass is 9.80. The zero-order valence-corrected chi connectivity index (χ0v) is 25.2. The largest absolute Gasteiger partial charge is 0.505 e. The summed E-state index contributed by atoms with van der Waals surface area (Å²) >= 11 is 0. The second-order valence-electron chi connectivity index (χ2n) is 9.83. The van der Waals surface area contributed by atoms with Gasteiger partial charge in [0, 0.05) is 25.9 Å². The normalized spacial score (nSPS) is 11.5. The van der Waals surface area contributed by atoms with E-state index in [0.29, 0.717) is 25.9 Å². The second-order valence-corrected chi connectivity index (χ2v) is 12.4. The predicted molar refractivity (Wildman–Crippen MR) is 173 cm³/mol. The summed E-state index contributed by atoms with van der Waals surface area (Å²) in [6, 6.07) is 45.8. The van der Waals surface area contributed by atoms with Gasteiger partial charge in [0.2, 0.25) is 0 Å². The summed E-state index contributed by atoms with van der Waals surface area (Å²) in [7, 11) is -3.05. The van der Waals surface area contributed by atoms with Crippen LogP contribution in [0, 0.1) is 0 Å². The highest BCUT2D eigenvalue weighted by Gasteiger charge is 2.42. The van der Waals surface area contributed by atoms with Gasteiger partial charge in [-0.05, 0) is 76.9 Å². The highest BCUT2D eigenvalue weighted by Crippen LogP contribution is 2.48. The Morgan fingerprint density at radius 1 is 0.439 bits per heavy atom. The summed E-state index contributed by atoms with van der Waals surface area (Å²) in [5.74, 6) is 0. The van der Waals surface area contributed by atoms with Crippen LogP contribution in [0.1, 0.15) is 26.3 Å². The van der Waals surface area contributed by atoms with Crippen molar-refractivity contribution in [2.45, 2.75) is 26.8 Å². The van der Waals surface area contributed by atoms with E-state index in [4.69, 9.17) is 13.3 Å². The van der Waals surface area contributed by atoms with Gasteiger partial charge >= 0.3 is 8.80 Å². The van der Waals surface area contributed by atoms with E-state index in [9.17, 15) is 0 Å². The molecule has 5 aromatic rings. The molecule has 0 saturated carbocycles. The Labute approximate surface area is 245 Å². The SMILES string of the molecule is CCO[Si](Cc1cc(-c2ccccc2)c(-c2ccccc2)c(-c2ccccc2)c1-c1ccccc1)(OCC)OCC. The molecular weight excluding hydrogens is 520 g/mol. The summed E-state index contributed by atoms with van der Waals surface area (Å²) in [5, 5.41) is 0. The standard InChI is InChI=1S/C37H38O3Si/c1-4-38-41(39-5-2,40-6-3)28-33-27-34(29-19-11-7-12-20-29)36(31-23-15-9-16-24-31)37(32-25-17-10-18-26-32)35(33)30-21-13-8-14-22-30/h7-27H,4-6,28H2,1-3H3. The van der Waals surface area contributed by atoms with Gasteiger partial charge in [-0.2, -0.15) is 0 Å². The van der Waals surface area contributed by atoms with E-state index < -0.39 is 8.80 Å². The molecule has 4 heteroatoms. The number of benzene rings is 5. The van der Waals surface area contributed by atoms with Gasteiger partial charge in [-0.25, -0.2) is 0 Å². The van der Waals surface area contributed by atoms with Crippen molar-refractivity contribution in [2.75, 3.05) is 19.8 Å². The Balaban J connectivity index is 1.93. The molecule has 0 radical (unpaired) electrons. The van der Waals surface area contributed by atoms with Gasteiger partial charge in [0.15, 0.2) is 0 Å². The molecule has 5 rings (SSSR count). The van der Waals surface area contributed by atoms with Crippen LogP contribution in [0.25, 0.3) is 44.5 Å². The van der Waals surface area contributed by atoms with Gasteiger partial charge in [-0.15, -0.1) is 0 Å². The molecule has 0 N–H and O–H groups in total. The van der Waals surface area contributed by atoms with Gasteiger partial charge in [-0.3, -0.25) is 0 Å². The lowest BCUT2D eigenvalue weighted by molar-refractivity contribution is 0.0704. The van der Waals surface area contributed by atoms with Crippen LogP contribution in [-0.4, -0.2) is 28.6 Å². The van der Waals surface area contributed by atoms with E-state index >= 15 is 0 Å². The second kappa shape index (κ2) is 13.7. The number of hydrogen-bond donors (Lipinski definition) is 0. The Morgan fingerprint density at radius 2 is 0.805 bits per heavy atom. The topological polar surface area (TPSA) is 27.7 Å². The molecule has 0 aliphatic rings. The smallest absolute Gasteiger partial charge is 0.374 e. The molecule has 0 saturated heterocycles. The van der Waals surface area contributed by atoms with E-state index in [-0.39, 0.29) is 0 Å². The van der Waals surface area contributed by atoms with Crippen molar-refractivity contribution in [3.63, 3.8) is 0 Å². The molecule has 5 aromatic carbocycles. The molecule has 0 aliphatic carbocycles. The van der Waals surface area contributed by atoms with Crippen LogP contribution in [-0.2, 0) is 19.3 Å². The van der Waals surface area contributed by atoms with Gasteiger partial charge < -0.3 is 13.3 Å². The summed E-state index contributed by atoms with van der Waals surface area (Å²) in [6.07, 6.45) is 0. The van der Waals surface area contributed by atoms with Crippen LogP contribution < -0.4 is 0 Å². The van der Waals surface area contributed by atoms with E-state index in [1.807, 2.05) is 20.8 Å². The maximum absolute atomic E-state index is 6.41. The Kier molecular flexibility index (Phi) is 9.60. The first-order valence-corrected chi connectivity index (χ1v) is 16.5. The van der Waals surface area contributed by atoms with Crippen molar-refractivity contribution in [3.05, 3.63) is 133 Å². The maximum atomic E-state index is 6.41. The average molecular weight is 559 g/mol. The summed E-state index contributed by atoms with van der Waals surface area (Å²) < 4.78 is 19.2. The molecule has 3 nitrogen and oxygen atoms in total. The van der Waals surface area contributed by atoms with Crippen LogP contribution in [0.5, 0.6) is 0 Å². The molecule has 0 fully saturated rings. The summed E-state index contributed by atoms with van der Waals surface area (Å²) in [5.41, 5.74) is 10.6. The summed E-state index contributed by atoms with van der Waals surface area (Å²) in [4.78, 5) is 0. The molecule has 208 valence electrons. The fourth-order valence-electron chi connectivity index (χ4n) is 5.63. The number of hydrogen-bond acceptors (Lipinski definition) is 3. The first kappa shape index (κ1) is 28.7. The zero-order valence-electron chi connectivity index (χ0n) is 24.2. The molecule has 0 heterocycles. The minimum atomic E-state index is -3.05. The zero-order chi connectivity index (χ0) is 28.5. The predicted octanol–water partition coefficient (Wildman–Crippen LogP) is 9.48. The van der Waals surface area contributed by atoms with Gasteiger partial charge in [0.05, 0.1) is 0 Å². The molecule has 41 heavy (non-hydrogen) atoms. The molecule has 0 spiro atoms. The quantitative estimate of drug-likeness (QED) is 0.143. The Morgan fingerprint density at radius 3 is 1.22 bits per heavy atom. The minimum absolute atomic E-state index is 0.534. The highest BCUT2D eigenvalue weighted by molar-refractivity contribution is 6.60. The molecule has 0 amide bonds. The molecule has 0 aromatic heterocycles. The fraction of sp³-hybridized carbons (Fsp3) is 0.189. The fourth-order valence-corrected chi connectivity index (χ4v) is 8.25. The maximum Gasteiger partial charge on any atom is 0.505 e. The van der Waals surface area contributed by atoms with Crippen LogP contribution in [0.15, 0.2) is 127 Å².